The molecule has 0 unspecified atom stereocenters. The second kappa shape index (κ2) is 8.33. The number of rotatable bonds is 6. The lowest BCUT2D eigenvalue weighted by molar-refractivity contribution is 0.0454. The third-order valence-corrected chi connectivity index (χ3v) is 4.48. The first kappa shape index (κ1) is 19.7. The van der Waals surface area contributed by atoms with E-state index in [0.717, 1.165) is 17.5 Å². The van der Waals surface area contributed by atoms with Crippen molar-refractivity contribution < 1.29 is 28.5 Å². The van der Waals surface area contributed by atoms with Crippen LogP contribution in [0.1, 0.15) is 52.1 Å². The van der Waals surface area contributed by atoms with E-state index in [0.29, 0.717) is 30.3 Å². The van der Waals surface area contributed by atoms with Crippen LogP contribution in [0.3, 0.4) is 0 Å². The predicted molar refractivity (Wildman–Crippen MR) is 104 cm³/mol. The quantitative estimate of drug-likeness (QED) is 0.531. The van der Waals surface area contributed by atoms with Crippen LogP contribution in [-0.4, -0.2) is 26.0 Å². The predicted octanol–water partition coefficient (Wildman–Crippen LogP) is 4.70. The Morgan fingerprint density at radius 1 is 1.25 bits per heavy atom. The van der Waals surface area contributed by atoms with Gasteiger partial charge >= 0.3 is 5.97 Å². The van der Waals surface area contributed by atoms with Crippen LogP contribution in [0.4, 0.5) is 0 Å². The molecule has 0 amide bonds. The Kier molecular flexibility index (Phi) is 5.87. The maximum atomic E-state index is 12.6. The number of carbonyl (C=O) groups is 2. The van der Waals surface area contributed by atoms with Gasteiger partial charge in [0.15, 0.2) is 17.8 Å². The highest BCUT2D eigenvalue weighted by molar-refractivity contribution is 5.99. The number of cyclic esters (lactones) is 1. The maximum Gasteiger partial charge on any atom is 0.346 e. The lowest BCUT2D eigenvalue weighted by atomic mass is 10.1. The highest BCUT2D eigenvalue weighted by atomic mass is 16.6. The molecule has 6 nitrogen and oxygen atoms in total. The van der Waals surface area contributed by atoms with Crippen LogP contribution < -0.4 is 14.2 Å². The summed E-state index contributed by atoms with van der Waals surface area (Å²) in [4.78, 5) is 23.9. The summed E-state index contributed by atoms with van der Waals surface area (Å²) in [6.07, 6.45) is 1.54. The van der Waals surface area contributed by atoms with Crippen LogP contribution in [0, 0.1) is 12.8 Å². The van der Waals surface area contributed by atoms with Gasteiger partial charge in [0, 0.05) is 5.56 Å². The molecule has 0 aliphatic carbocycles. The first-order valence-corrected chi connectivity index (χ1v) is 9.22. The van der Waals surface area contributed by atoms with Gasteiger partial charge in [0.1, 0.15) is 23.7 Å². The first-order valence-electron chi connectivity index (χ1n) is 9.22. The summed E-state index contributed by atoms with van der Waals surface area (Å²) < 4.78 is 22.8. The minimum Gasteiger partial charge on any atom is -0.495 e. The SMILES string of the molecule is COc1c(C=O)ccc2c1C(=O)OCc1cc(C)cc(OCCC(C)C)c1O2. The van der Waals surface area contributed by atoms with E-state index in [9.17, 15) is 9.59 Å². The number of hydrogen-bond donors (Lipinski definition) is 0. The highest BCUT2D eigenvalue weighted by Gasteiger charge is 2.28. The van der Waals surface area contributed by atoms with Gasteiger partial charge in [0.25, 0.3) is 0 Å². The van der Waals surface area contributed by atoms with Crippen molar-refractivity contribution >= 4 is 12.3 Å². The summed E-state index contributed by atoms with van der Waals surface area (Å²) >= 11 is 0. The van der Waals surface area contributed by atoms with E-state index in [2.05, 4.69) is 13.8 Å². The van der Waals surface area contributed by atoms with E-state index in [1.165, 1.54) is 7.11 Å². The van der Waals surface area contributed by atoms with E-state index in [1.807, 2.05) is 19.1 Å². The van der Waals surface area contributed by atoms with Gasteiger partial charge in [-0.3, -0.25) is 4.79 Å². The van der Waals surface area contributed by atoms with Crippen LogP contribution in [0.5, 0.6) is 23.0 Å². The number of aldehydes is 1. The number of esters is 1. The van der Waals surface area contributed by atoms with Gasteiger partial charge in [-0.25, -0.2) is 4.79 Å². The van der Waals surface area contributed by atoms with Crippen molar-refractivity contribution in [3.8, 4) is 23.0 Å². The highest BCUT2D eigenvalue weighted by Crippen LogP contribution is 2.42. The fraction of sp³-hybridized carbons (Fsp3) is 0.364. The first-order chi connectivity index (χ1) is 13.4. The van der Waals surface area contributed by atoms with Crippen molar-refractivity contribution in [3.63, 3.8) is 0 Å². The van der Waals surface area contributed by atoms with E-state index in [4.69, 9.17) is 18.9 Å². The van der Waals surface area contributed by atoms with Gasteiger partial charge in [-0.1, -0.05) is 13.8 Å². The van der Waals surface area contributed by atoms with Crippen molar-refractivity contribution in [2.75, 3.05) is 13.7 Å². The van der Waals surface area contributed by atoms with E-state index >= 15 is 0 Å². The Morgan fingerprint density at radius 3 is 2.71 bits per heavy atom. The van der Waals surface area contributed by atoms with Crippen molar-refractivity contribution in [1.29, 1.82) is 0 Å². The van der Waals surface area contributed by atoms with Crippen molar-refractivity contribution in [1.82, 2.24) is 0 Å². The van der Waals surface area contributed by atoms with Gasteiger partial charge in [0.05, 0.1) is 19.3 Å². The van der Waals surface area contributed by atoms with Gasteiger partial charge in [-0.05, 0) is 49.1 Å². The van der Waals surface area contributed by atoms with E-state index in [-0.39, 0.29) is 29.2 Å². The lowest BCUT2D eigenvalue weighted by Crippen LogP contribution is -2.14. The monoisotopic (exact) mass is 384 g/mol. The number of ether oxygens (including phenoxy) is 4. The smallest absolute Gasteiger partial charge is 0.346 e. The molecule has 0 atom stereocenters. The van der Waals surface area contributed by atoms with Crippen LogP contribution in [0.15, 0.2) is 24.3 Å². The van der Waals surface area contributed by atoms with Crippen molar-refractivity contribution in [2.45, 2.75) is 33.8 Å². The van der Waals surface area contributed by atoms with E-state index in [1.54, 1.807) is 12.1 Å². The molecule has 0 saturated carbocycles. The molecule has 0 saturated heterocycles. The third kappa shape index (κ3) is 3.96. The van der Waals surface area contributed by atoms with Gasteiger partial charge in [0.2, 0.25) is 0 Å². The summed E-state index contributed by atoms with van der Waals surface area (Å²) in [6, 6.07) is 6.92. The minimum atomic E-state index is -0.606. The Morgan fingerprint density at radius 2 is 2.04 bits per heavy atom. The van der Waals surface area contributed by atoms with Crippen LogP contribution in [-0.2, 0) is 11.3 Å². The molecular formula is C22H24O6. The normalized spacial score (nSPS) is 12.8. The zero-order chi connectivity index (χ0) is 20.3. The summed E-state index contributed by atoms with van der Waals surface area (Å²) in [6.45, 7) is 6.80. The standard InChI is InChI=1S/C22H24O6/c1-13(2)7-8-26-18-10-14(3)9-16-12-27-22(24)19-17(28-20(16)18)6-5-15(11-23)21(19)25-4/h5-6,9-11,13H,7-8,12H2,1-4H3. The fourth-order valence-corrected chi connectivity index (χ4v) is 3.04. The topological polar surface area (TPSA) is 71.1 Å². The molecular weight excluding hydrogens is 360 g/mol. The number of carbonyl (C=O) groups excluding carboxylic acids is 2. The molecule has 1 heterocycles. The summed E-state index contributed by atoms with van der Waals surface area (Å²) in [7, 11) is 1.40. The molecule has 0 fully saturated rings. The Hall–Kier alpha value is -3.02. The molecule has 0 radical (unpaired) electrons. The molecule has 148 valence electrons. The molecule has 0 N–H and O–H groups in total. The number of methoxy groups -OCH3 is 1. The molecule has 2 aromatic rings. The van der Waals surface area contributed by atoms with Gasteiger partial charge in [-0.2, -0.15) is 0 Å². The zero-order valence-electron chi connectivity index (χ0n) is 16.5. The summed E-state index contributed by atoms with van der Waals surface area (Å²) in [5, 5.41) is 0. The molecule has 6 heteroatoms. The largest absolute Gasteiger partial charge is 0.495 e. The van der Waals surface area contributed by atoms with Crippen molar-refractivity contribution in [2.24, 2.45) is 5.92 Å². The fourth-order valence-electron chi connectivity index (χ4n) is 3.04. The Labute approximate surface area is 164 Å². The van der Waals surface area contributed by atoms with Crippen molar-refractivity contribution in [3.05, 3.63) is 46.5 Å². The molecule has 28 heavy (non-hydrogen) atoms. The molecule has 1 aliphatic rings. The van der Waals surface area contributed by atoms with Crippen LogP contribution >= 0.6 is 0 Å². The molecule has 1 aliphatic heterocycles. The van der Waals surface area contributed by atoms with Crippen LogP contribution in [0.25, 0.3) is 0 Å². The lowest BCUT2D eigenvalue weighted by Gasteiger charge is -2.22. The molecule has 0 spiro atoms. The van der Waals surface area contributed by atoms with Crippen LogP contribution in [0.2, 0.25) is 0 Å². The molecule has 0 aromatic heterocycles. The van der Waals surface area contributed by atoms with Gasteiger partial charge in [-0.15, -0.1) is 0 Å². The average molecular weight is 384 g/mol. The minimum absolute atomic E-state index is 0.0320. The molecule has 0 bridgehead atoms. The Bertz CT molecular complexity index is 900. The second-order valence-corrected chi connectivity index (χ2v) is 7.14. The number of fused-ring (bicyclic) bond motifs is 2. The second-order valence-electron chi connectivity index (χ2n) is 7.14. The average Bonchev–Trinajstić information content (AvgIpc) is 2.65. The summed E-state index contributed by atoms with van der Waals surface area (Å²) in [5.41, 5.74) is 2.04. The summed E-state index contributed by atoms with van der Waals surface area (Å²) in [5.74, 6) is 1.40. The number of benzene rings is 2. The maximum absolute atomic E-state index is 12.6. The molecule has 2 aromatic carbocycles. The van der Waals surface area contributed by atoms with Gasteiger partial charge < -0.3 is 18.9 Å². The third-order valence-electron chi connectivity index (χ3n) is 4.48. The molecule has 3 rings (SSSR count). The number of aryl methyl sites for hydroxylation is 1. The zero-order valence-corrected chi connectivity index (χ0v) is 16.5. The number of hydrogen-bond acceptors (Lipinski definition) is 6. The van der Waals surface area contributed by atoms with E-state index < -0.39 is 5.97 Å². The Balaban J connectivity index is 2.07.